The van der Waals surface area contributed by atoms with Crippen molar-refractivity contribution in [3.63, 3.8) is 0 Å². The Morgan fingerprint density at radius 1 is 1.00 bits per heavy atom. The van der Waals surface area contributed by atoms with Crippen molar-refractivity contribution in [3.05, 3.63) is 46.2 Å². The van der Waals surface area contributed by atoms with Gasteiger partial charge in [0.1, 0.15) is 0 Å². The summed E-state index contributed by atoms with van der Waals surface area (Å²) < 4.78 is 0. The van der Waals surface area contributed by atoms with E-state index in [-0.39, 0.29) is 5.91 Å². The number of carbonyl (C=O) groups excluding carboxylic acids is 1. The number of rotatable bonds is 4. The van der Waals surface area contributed by atoms with Gasteiger partial charge in [-0.05, 0) is 43.5 Å². The molecule has 3 rings (SSSR count). The van der Waals surface area contributed by atoms with Crippen LogP contribution in [0.15, 0.2) is 24.3 Å². The SMILES string of the molecule is CCc1nnc(N2CCCN(C(=O)c3ccc(Cl)cc3)CC2)nc1CC. The van der Waals surface area contributed by atoms with Crippen molar-refractivity contribution < 1.29 is 4.79 Å². The summed E-state index contributed by atoms with van der Waals surface area (Å²) in [5, 5.41) is 9.28. The van der Waals surface area contributed by atoms with E-state index in [9.17, 15) is 4.79 Å². The summed E-state index contributed by atoms with van der Waals surface area (Å²) in [4.78, 5) is 21.4. The average Bonchev–Trinajstić information content (AvgIpc) is 2.93. The van der Waals surface area contributed by atoms with Crippen LogP contribution < -0.4 is 4.90 Å². The smallest absolute Gasteiger partial charge is 0.253 e. The Kier molecular flexibility index (Phi) is 6.04. The van der Waals surface area contributed by atoms with Gasteiger partial charge in [-0.2, -0.15) is 5.10 Å². The topological polar surface area (TPSA) is 62.2 Å². The standard InChI is InChI=1S/C19H24ClN5O/c1-3-16-17(4-2)22-23-19(21-16)25-11-5-10-24(12-13-25)18(26)14-6-8-15(20)9-7-14/h6-9H,3-5,10-13H2,1-2H3. The molecule has 2 aromatic rings. The van der Waals surface area contributed by atoms with Gasteiger partial charge in [0.25, 0.3) is 5.91 Å². The molecule has 1 amide bonds. The molecule has 0 spiro atoms. The summed E-state index contributed by atoms with van der Waals surface area (Å²) in [5.74, 6) is 0.706. The number of anilines is 1. The molecule has 0 bridgehead atoms. The fourth-order valence-corrected chi connectivity index (χ4v) is 3.28. The summed E-state index contributed by atoms with van der Waals surface area (Å²) in [5.41, 5.74) is 2.64. The highest BCUT2D eigenvalue weighted by Crippen LogP contribution is 2.16. The summed E-state index contributed by atoms with van der Waals surface area (Å²) in [7, 11) is 0. The van der Waals surface area contributed by atoms with Crippen LogP contribution in [0.25, 0.3) is 0 Å². The van der Waals surface area contributed by atoms with E-state index >= 15 is 0 Å². The van der Waals surface area contributed by atoms with E-state index < -0.39 is 0 Å². The lowest BCUT2D eigenvalue weighted by Crippen LogP contribution is -2.35. The van der Waals surface area contributed by atoms with Gasteiger partial charge in [0.2, 0.25) is 5.95 Å². The van der Waals surface area contributed by atoms with Crippen LogP contribution in [0.2, 0.25) is 5.02 Å². The zero-order chi connectivity index (χ0) is 18.5. The van der Waals surface area contributed by atoms with Crippen molar-refractivity contribution in [2.75, 3.05) is 31.1 Å². The first-order valence-corrected chi connectivity index (χ1v) is 9.52. The minimum absolute atomic E-state index is 0.0399. The Hall–Kier alpha value is -2.21. The van der Waals surface area contributed by atoms with Crippen LogP contribution in [0, 0.1) is 0 Å². The maximum atomic E-state index is 12.7. The molecule has 1 aliphatic rings. The fraction of sp³-hybridized carbons (Fsp3) is 0.474. The Morgan fingerprint density at radius 3 is 2.42 bits per heavy atom. The predicted octanol–water partition coefficient (Wildman–Crippen LogP) is 3.00. The Morgan fingerprint density at radius 2 is 1.73 bits per heavy atom. The van der Waals surface area contributed by atoms with Gasteiger partial charge in [-0.1, -0.05) is 25.4 Å². The molecule has 0 atom stereocenters. The number of carbonyl (C=O) groups is 1. The van der Waals surface area contributed by atoms with Gasteiger partial charge in [-0.25, -0.2) is 4.98 Å². The van der Waals surface area contributed by atoms with Crippen LogP contribution in [0.4, 0.5) is 5.95 Å². The van der Waals surface area contributed by atoms with E-state index in [4.69, 9.17) is 16.6 Å². The molecule has 26 heavy (non-hydrogen) atoms. The average molecular weight is 374 g/mol. The molecule has 7 heteroatoms. The first-order valence-electron chi connectivity index (χ1n) is 9.14. The second-order valence-electron chi connectivity index (χ2n) is 6.35. The highest BCUT2D eigenvalue weighted by molar-refractivity contribution is 6.30. The van der Waals surface area contributed by atoms with Crippen molar-refractivity contribution in [1.29, 1.82) is 0 Å². The van der Waals surface area contributed by atoms with E-state index in [0.29, 0.717) is 29.6 Å². The second kappa shape index (κ2) is 8.45. The lowest BCUT2D eigenvalue weighted by atomic mass is 10.2. The van der Waals surface area contributed by atoms with Gasteiger partial charge < -0.3 is 9.80 Å². The molecule has 0 aliphatic carbocycles. The molecule has 1 aliphatic heterocycles. The van der Waals surface area contributed by atoms with E-state index in [0.717, 1.165) is 43.7 Å². The van der Waals surface area contributed by atoms with Crippen molar-refractivity contribution in [2.45, 2.75) is 33.1 Å². The number of amides is 1. The highest BCUT2D eigenvalue weighted by atomic mass is 35.5. The van der Waals surface area contributed by atoms with Crippen LogP contribution in [-0.4, -0.2) is 52.2 Å². The van der Waals surface area contributed by atoms with Crippen LogP contribution in [0.3, 0.4) is 0 Å². The molecule has 138 valence electrons. The number of hydrogen-bond acceptors (Lipinski definition) is 5. The molecule has 0 radical (unpaired) electrons. The van der Waals surface area contributed by atoms with Crippen molar-refractivity contribution >= 4 is 23.5 Å². The number of halogens is 1. The number of hydrogen-bond donors (Lipinski definition) is 0. The van der Waals surface area contributed by atoms with E-state index in [1.807, 2.05) is 4.90 Å². The fourth-order valence-electron chi connectivity index (χ4n) is 3.16. The van der Waals surface area contributed by atoms with Gasteiger partial charge in [0.05, 0.1) is 11.4 Å². The number of aryl methyl sites for hydroxylation is 2. The highest BCUT2D eigenvalue weighted by Gasteiger charge is 2.22. The molecular formula is C19H24ClN5O. The number of aromatic nitrogens is 3. The molecular weight excluding hydrogens is 350 g/mol. The lowest BCUT2D eigenvalue weighted by molar-refractivity contribution is 0.0767. The molecule has 6 nitrogen and oxygen atoms in total. The van der Waals surface area contributed by atoms with E-state index in [1.165, 1.54) is 0 Å². The van der Waals surface area contributed by atoms with E-state index in [2.05, 4.69) is 28.9 Å². The minimum Gasteiger partial charge on any atom is -0.338 e. The van der Waals surface area contributed by atoms with Gasteiger partial charge >= 0.3 is 0 Å². The summed E-state index contributed by atoms with van der Waals surface area (Å²) in [6.45, 7) is 7.04. The number of benzene rings is 1. The first kappa shape index (κ1) is 18.6. The van der Waals surface area contributed by atoms with Crippen LogP contribution in [0.5, 0.6) is 0 Å². The summed E-state index contributed by atoms with van der Waals surface area (Å²) in [6.07, 6.45) is 2.56. The van der Waals surface area contributed by atoms with Gasteiger partial charge in [-0.3, -0.25) is 4.79 Å². The zero-order valence-electron chi connectivity index (χ0n) is 15.3. The zero-order valence-corrected chi connectivity index (χ0v) is 16.0. The van der Waals surface area contributed by atoms with Crippen molar-refractivity contribution in [3.8, 4) is 0 Å². The quantitative estimate of drug-likeness (QED) is 0.824. The Balaban J connectivity index is 1.70. The van der Waals surface area contributed by atoms with Gasteiger partial charge in [0, 0.05) is 36.8 Å². The minimum atomic E-state index is 0.0399. The normalized spacial score (nSPS) is 15.0. The third-order valence-corrected chi connectivity index (χ3v) is 4.91. The van der Waals surface area contributed by atoms with Gasteiger partial charge in [-0.15, -0.1) is 5.10 Å². The van der Waals surface area contributed by atoms with E-state index in [1.54, 1.807) is 24.3 Å². The summed E-state index contributed by atoms with van der Waals surface area (Å²) in [6, 6.07) is 7.05. The second-order valence-corrected chi connectivity index (χ2v) is 6.79. The van der Waals surface area contributed by atoms with Gasteiger partial charge in [0.15, 0.2) is 0 Å². The molecule has 2 heterocycles. The Labute approximate surface area is 159 Å². The molecule has 1 aromatic heterocycles. The molecule has 1 fully saturated rings. The molecule has 0 unspecified atom stereocenters. The molecule has 0 N–H and O–H groups in total. The third kappa shape index (κ3) is 4.12. The van der Waals surface area contributed by atoms with Crippen molar-refractivity contribution in [2.24, 2.45) is 0 Å². The lowest BCUT2D eigenvalue weighted by Gasteiger charge is -2.22. The maximum Gasteiger partial charge on any atom is 0.253 e. The Bertz CT molecular complexity index is 765. The molecule has 0 saturated carbocycles. The summed E-state index contributed by atoms with van der Waals surface area (Å²) >= 11 is 5.91. The van der Waals surface area contributed by atoms with Crippen LogP contribution in [-0.2, 0) is 12.8 Å². The third-order valence-electron chi connectivity index (χ3n) is 4.66. The van der Waals surface area contributed by atoms with Crippen LogP contribution >= 0.6 is 11.6 Å². The first-order chi connectivity index (χ1) is 12.6. The largest absolute Gasteiger partial charge is 0.338 e. The molecule has 1 saturated heterocycles. The van der Waals surface area contributed by atoms with Crippen LogP contribution in [0.1, 0.15) is 42.0 Å². The van der Waals surface area contributed by atoms with Crippen molar-refractivity contribution in [1.82, 2.24) is 20.1 Å². The maximum absolute atomic E-state index is 12.7. The molecule has 1 aromatic carbocycles. The monoisotopic (exact) mass is 373 g/mol. The number of nitrogens with zero attached hydrogens (tertiary/aromatic N) is 5. The predicted molar refractivity (Wildman–Crippen MR) is 103 cm³/mol.